The first-order chi connectivity index (χ1) is 8.56. The number of carbonyl (C=O) groups excluding carboxylic acids is 1. The van der Waals surface area contributed by atoms with Crippen LogP contribution in [0.5, 0.6) is 0 Å². The van der Waals surface area contributed by atoms with E-state index in [2.05, 4.69) is 10.3 Å². The highest BCUT2D eigenvalue weighted by molar-refractivity contribution is 7.11. The van der Waals surface area contributed by atoms with Gasteiger partial charge in [-0.1, -0.05) is 0 Å². The lowest BCUT2D eigenvalue weighted by molar-refractivity contribution is 0.101. The third-order valence-electron chi connectivity index (χ3n) is 2.57. The second-order valence-corrected chi connectivity index (χ2v) is 5.38. The molecule has 0 radical (unpaired) electrons. The van der Waals surface area contributed by atoms with Gasteiger partial charge in [0.2, 0.25) is 0 Å². The first kappa shape index (κ1) is 12.6. The van der Waals surface area contributed by atoms with Crippen LogP contribution in [0.3, 0.4) is 0 Å². The van der Waals surface area contributed by atoms with Gasteiger partial charge in [-0.2, -0.15) is 0 Å². The number of nitrogens with one attached hydrogen (secondary N) is 1. The van der Waals surface area contributed by atoms with Gasteiger partial charge >= 0.3 is 0 Å². The van der Waals surface area contributed by atoms with E-state index in [1.165, 1.54) is 6.92 Å². The summed E-state index contributed by atoms with van der Waals surface area (Å²) in [6.45, 7) is 4.19. The van der Waals surface area contributed by atoms with Gasteiger partial charge in [-0.05, 0) is 32.0 Å². The average molecular weight is 261 g/mol. The first-order valence-corrected chi connectivity index (χ1v) is 6.43. The minimum atomic E-state index is -0.0233. The van der Waals surface area contributed by atoms with E-state index < -0.39 is 0 Å². The van der Waals surface area contributed by atoms with Crippen LogP contribution in [0.4, 0.5) is 11.4 Å². The van der Waals surface area contributed by atoms with Crippen molar-refractivity contribution in [3.63, 3.8) is 0 Å². The molecule has 0 aliphatic rings. The fraction of sp³-hybridized carbons (Fsp3) is 0.231. The van der Waals surface area contributed by atoms with E-state index >= 15 is 0 Å². The molecular formula is C13H15N3OS. The SMILES string of the molecule is CC(=O)c1cc(NCc2cnc(C)s2)ccc1N. The maximum absolute atomic E-state index is 11.4. The fourth-order valence-corrected chi connectivity index (χ4v) is 2.38. The minimum Gasteiger partial charge on any atom is -0.398 e. The van der Waals surface area contributed by atoms with Crippen LogP contribution in [0, 0.1) is 6.92 Å². The van der Waals surface area contributed by atoms with Gasteiger partial charge in [0.15, 0.2) is 5.78 Å². The molecule has 1 heterocycles. The predicted molar refractivity (Wildman–Crippen MR) is 75.0 cm³/mol. The Balaban J connectivity index is 2.10. The molecule has 0 atom stereocenters. The molecule has 0 aliphatic heterocycles. The molecule has 5 heteroatoms. The summed E-state index contributed by atoms with van der Waals surface area (Å²) in [7, 11) is 0. The van der Waals surface area contributed by atoms with Crippen LogP contribution in [0.2, 0.25) is 0 Å². The number of Topliss-reactive ketones (excluding diaryl/α,β-unsaturated/α-hetero) is 1. The highest BCUT2D eigenvalue weighted by Gasteiger charge is 2.06. The van der Waals surface area contributed by atoms with Crippen LogP contribution < -0.4 is 11.1 Å². The third-order valence-corrected chi connectivity index (χ3v) is 3.48. The molecule has 2 aromatic rings. The quantitative estimate of drug-likeness (QED) is 0.656. The largest absolute Gasteiger partial charge is 0.398 e. The number of hydrogen-bond donors (Lipinski definition) is 2. The summed E-state index contributed by atoms with van der Waals surface area (Å²) in [6, 6.07) is 5.40. The van der Waals surface area contributed by atoms with Gasteiger partial charge in [0, 0.05) is 28.0 Å². The maximum atomic E-state index is 11.4. The molecule has 0 unspecified atom stereocenters. The van der Waals surface area contributed by atoms with Crippen molar-refractivity contribution in [2.75, 3.05) is 11.1 Å². The average Bonchev–Trinajstić information content (AvgIpc) is 2.74. The van der Waals surface area contributed by atoms with Crippen molar-refractivity contribution in [2.45, 2.75) is 20.4 Å². The number of nitrogen functional groups attached to an aromatic ring is 1. The van der Waals surface area contributed by atoms with Gasteiger partial charge in [-0.25, -0.2) is 4.98 Å². The molecular weight excluding hydrogens is 246 g/mol. The summed E-state index contributed by atoms with van der Waals surface area (Å²) in [6.07, 6.45) is 1.86. The Labute approximate surface area is 110 Å². The summed E-state index contributed by atoms with van der Waals surface area (Å²) in [5.41, 5.74) is 7.71. The molecule has 1 aromatic carbocycles. The molecule has 0 bridgehead atoms. The Morgan fingerprint density at radius 2 is 2.28 bits per heavy atom. The fourth-order valence-electron chi connectivity index (χ4n) is 1.65. The number of benzene rings is 1. The molecule has 3 N–H and O–H groups in total. The highest BCUT2D eigenvalue weighted by Crippen LogP contribution is 2.20. The van der Waals surface area contributed by atoms with Crippen molar-refractivity contribution in [1.82, 2.24) is 4.98 Å². The number of rotatable bonds is 4. The Kier molecular flexibility index (Phi) is 3.62. The summed E-state index contributed by atoms with van der Waals surface area (Å²) in [5, 5.41) is 4.31. The van der Waals surface area contributed by atoms with Crippen LogP contribution in [0.15, 0.2) is 24.4 Å². The second-order valence-electron chi connectivity index (χ2n) is 4.06. The summed E-state index contributed by atoms with van der Waals surface area (Å²) in [4.78, 5) is 16.7. The molecule has 1 aromatic heterocycles. The van der Waals surface area contributed by atoms with Crippen LogP contribution in [-0.4, -0.2) is 10.8 Å². The molecule has 0 spiro atoms. The number of aryl methyl sites for hydroxylation is 1. The van der Waals surface area contributed by atoms with Gasteiger partial charge in [0.25, 0.3) is 0 Å². The normalized spacial score (nSPS) is 10.3. The van der Waals surface area contributed by atoms with Gasteiger partial charge in [-0.3, -0.25) is 4.79 Å². The first-order valence-electron chi connectivity index (χ1n) is 5.62. The number of ketones is 1. The zero-order chi connectivity index (χ0) is 13.1. The van der Waals surface area contributed by atoms with Gasteiger partial charge < -0.3 is 11.1 Å². The van der Waals surface area contributed by atoms with Crippen molar-refractivity contribution in [3.05, 3.63) is 39.8 Å². The van der Waals surface area contributed by atoms with Gasteiger partial charge in [0.1, 0.15) is 0 Å². The summed E-state index contributed by atoms with van der Waals surface area (Å²) < 4.78 is 0. The lowest BCUT2D eigenvalue weighted by Crippen LogP contribution is -2.03. The Morgan fingerprint density at radius 3 is 2.89 bits per heavy atom. The lowest BCUT2D eigenvalue weighted by atomic mass is 10.1. The molecule has 0 saturated heterocycles. The maximum Gasteiger partial charge on any atom is 0.161 e. The minimum absolute atomic E-state index is 0.0233. The van der Waals surface area contributed by atoms with Crippen molar-refractivity contribution >= 4 is 28.5 Å². The lowest BCUT2D eigenvalue weighted by Gasteiger charge is -2.08. The molecule has 2 rings (SSSR count). The zero-order valence-electron chi connectivity index (χ0n) is 10.4. The van der Waals surface area contributed by atoms with E-state index in [4.69, 9.17) is 5.73 Å². The highest BCUT2D eigenvalue weighted by atomic mass is 32.1. The molecule has 0 amide bonds. The van der Waals surface area contributed by atoms with Crippen molar-refractivity contribution in [3.8, 4) is 0 Å². The smallest absolute Gasteiger partial charge is 0.161 e. The molecule has 0 aliphatic carbocycles. The van der Waals surface area contributed by atoms with E-state index in [9.17, 15) is 4.79 Å². The number of carbonyl (C=O) groups is 1. The van der Waals surface area contributed by atoms with Crippen LogP contribution >= 0.6 is 11.3 Å². The number of thiazole rings is 1. The zero-order valence-corrected chi connectivity index (χ0v) is 11.2. The van der Waals surface area contributed by atoms with Crippen LogP contribution in [-0.2, 0) is 6.54 Å². The van der Waals surface area contributed by atoms with E-state index in [0.29, 0.717) is 17.8 Å². The second kappa shape index (κ2) is 5.18. The monoisotopic (exact) mass is 261 g/mol. The van der Waals surface area contributed by atoms with Crippen molar-refractivity contribution in [2.24, 2.45) is 0 Å². The van der Waals surface area contributed by atoms with E-state index in [1.54, 1.807) is 23.5 Å². The molecule has 4 nitrogen and oxygen atoms in total. The number of hydrogen-bond acceptors (Lipinski definition) is 5. The van der Waals surface area contributed by atoms with Gasteiger partial charge in [-0.15, -0.1) is 11.3 Å². The Bertz CT molecular complexity index is 577. The summed E-state index contributed by atoms with van der Waals surface area (Å²) >= 11 is 1.66. The topological polar surface area (TPSA) is 68.0 Å². The van der Waals surface area contributed by atoms with Crippen molar-refractivity contribution in [1.29, 1.82) is 0 Å². The standard InChI is InChI=1S/C13H15N3OS/c1-8(17)12-5-10(3-4-13(12)14)16-7-11-6-15-9(2)18-11/h3-6,16H,7,14H2,1-2H3. The van der Waals surface area contributed by atoms with Gasteiger partial charge in [0.05, 0.1) is 11.6 Å². The van der Waals surface area contributed by atoms with E-state index in [1.807, 2.05) is 19.2 Å². The Hall–Kier alpha value is -1.88. The number of nitrogens with zero attached hydrogens (tertiary/aromatic N) is 1. The number of nitrogens with two attached hydrogens (primary N) is 1. The molecule has 94 valence electrons. The molecule has 0 saturated carbocycles. The number of anilines is 2. The van der Waals surface area contributed by atoms with Crippen LogP contribution in [0.25, 0.3) is 0 Å². The summed E-state index contributed by atoms with van der Waals surface area (Å²) in [5.74, 6) is -0.0233. The van der Waals surface area contributed by atoms with E-state index in [-0.39, 0.29) is 5.78 Å². The third kappa shape index (κ3) is 2.87. The number of aromatic nitrogens is 1. The van der Waals surface area contributed by atoms with Crippen LogP contribution in [0.1, 0.15) is 27.2 Å². The molecule has 18 heavy (non-hydrogen) atoms. The van der Waals surface area contributed by atoms with E-state index in [0.717, 1.165) is 15.6 Å². The molecule has 0 fully saturated rings. The Morgan fingerprint density at radius 1 is 1.50 bits per heavy atom. The predicted octanol–water partition coefficient (Wildman–Crippen LogP) is 2.85. The van der Waals surface area contributed by atoms with Crippen molar-refractivity contribution < 1.29 is 4.79 Å².